The molecule has 0 radical (unpaired) electrons. The highest BCUT2D eigenvalue weighted by atomic mass is 16.5. The molecule has 0 unspecified atom stereocenters. The molecule has 23 heavy (non-hydrogen) atoms. The molecule has 1 aliphatic heterocycles. The predicted molar refractivity (Wildman–Crippen MR) is 88.7 cm³/mol. The van der Waals surface area contributed by atoms with Crippen molar-refractivity contribution in [3.8, 4) is 5.69 Å². The maximum atomic E-state index is 12.0. The fourth-order valence-electron chi connectivity index (χ4n) is 2.75. The van der Waals surface area contributed by atoms with Crippen LogP contribution in [0.1, 0.15) is 19.3 Å². The summed E-state index contributed by atoms with van der Waals surface area (Å²) < 4.78 is 7.20. The van der Waals surface area contributed by atoms with E-state index in [0.717, 1.165) is 37.4 Å². The maximum absolute atomic E-state index is 12.0. The van der Waals surface area contributed by atoms with E-state index in [0.29, 0.717) is 12.5 Å². The van der Waals surface area contributed by atoms with Crippen molar-refractivity contribution in [1.29, 1.82) is 0 Å². The van der Waals surface area contributed by atoms with Crippen LogP contribution in [-0.4, -0.2) is 35.6 Å². The molecule has 122 valence electrons. The molecule has 0 spiro atoms. The van der Waals surface area contributed by atoms with Gasteiger partial charge in [-0.25, -0.2) is 9.48 Å². The molecule has 2 heterocycles. The second-order valence-electron chi connectivity index (χ2n) is 5.75. The number of hydrogen-bond donors (Lipinski definition) is 2. The van der Waals surface area contributed by atoms with Crippen molar-refractivity contribution >= 4 is 11.7 Å². The standard InChI is InChI=1S/C17H22N4O2/c22-17(18-9-7-14-4-2-11-23-13-14)20-15-5-1-6-16(12-15)21-10-3-8-19-21/h1,3,5-6,8,10,12,14H,2,4,7,9,11,13H2,(H2,18,20,22)/t14-/m1/s1. The average Bonchev–Trinajstić information content (AvgIpc) is 3.11. The summed E-state index contributed by atoms with van der Waals surface area (Å²) >= 11 is 0. The molecular formula is C17H22N4O2. The van der Waals surface area contributed by atoms with Gasteiger partial charge in [-0.2, -0.15) is 5.10 Å². The van der Waals surface area contributed by atoms with Gasteiger partial charge in [0.15, 0.2) is 0 Å². The van der Waals surface area contributed by atoms with Gasteiger partial charge in [0.05, 0.1) is 5.69 Å². The van der Waals surface area contributed by atoms with Crippen molar-refractivity contribution in [1.82, 2.24) is 15.1 Å². The van der Waals surface area contributed by atoms with Gasteiger partial charge in [-0.3, -0.25) is 0 Å². The summed E-state index contributed by atoms with van der Waals surface area (Å²) in [6, 6.07) is 9.27. The van der Waals surface area contributed by atoms with E-state index in [1.54, 1.807) is 10.9 Å². The van der Waals surface area contributed by atoms with E-state index in [2.05, 4.69) is 15.7 Å². The first-order valence-electron chi connectivity index (χ1n) is 8.04. The summed E-state index contributed by atoms with van der Waals surface area (Å²) in [4.78, 5) is 12.0. The van der Waals surface area contributed by atoms with Crippen LogP contribution in [0.25, 0.3) is 5.69 Å². The van der Waals surface area contributed by atoms with Crippen molar-refractivity contribution in [3.63, 3.8) is 0 Å². The molecule has 0 bridgehead atoms. The van der Waals surface area contributed by atoms with Gasteiger partial charge in [-0.05, 0) is 49.4 Å². The van der Waals surface area contributed by atoms with Crippen LogP contribution < -0.4 is 10.6 Å². The number of anilines is 1. The number of hydrogen-bond acceptors (Lipinski definition) is 3. The molecule has 1 saturated heterocycles. The lowest BCUT2D eigenvalue weighted by Gasteiger charge is -2.21. The van der Waals surface area contributed by atoms with E-state index in [4.69, 9.17) is 4.74 Å². The Morgan fingerprint density at radius 2 is 2.35 bits per heavy atom. The first-order chi connectivity index (χ1) is 11.3. The van der Waals surface area contributed by atoms with Crippen LogP contribution in [0.15, 0.2) is 42.7 Å². The molecule has 6 heteroatoms. The molecule has 1 aliphatic rings. The van der Waals surface area contributed by atoms with Crippen molar-refractivity contribution in [2.75, 3.05) is 25.1 Å². The monoisotopic (exact) mass is 314 g/mol. The minimum absolute atomic E-state index is 0.181. The molecule has 1 atom stereocenters. The molecule has 3 rings (SSSR count). The number of rotatable bonds is 5. The summed E-state index contributed by atoms with van der Waals surface area (Å²) in [5.41, 5.74) is 1.66. The summed E-state index contributed by atoms with van der Waals surface area (Å²) in [7, 11) is 0. The van der Waals surface area contributed by atoms with Crippen molar-refractivity contribution in [2.45, 2.75) is 19.3 Å². The molecule has 2 aromatic rings. The Morgan fingerprint density at radius 3 is 3.13 bits per heavy atom. The number of nitrogens with zero attached hydrogens (tertiary/aromatic N) is 2. The highest BCUT2D eigenvalue weighted by Crippen LogP contribution is 2.16. The summed E-state index contributed by atoms with van der Waals surface area (Å²) in [6.45, 7) is 2.35. The number of carbonyl (C=O) groups excluding carboxylic acids is 1. The van der Waals surface area contributed by atoms with Crippen LogP contribution in [0.3, 0.4) is 0 Å². The van der Waals surface area contributed by atoms with Gasteiger partial charge >= 0.3 is 6.03 Å². The Balaban J connectivity index is 1.47. The molecule has 2 amide bonds. The third-order valence-corrected chi connectivity index (χ3v) is 3.97. The number of ether oxygens (including phenoxy) is 1. The van der Waals surface area contributed by atoms with Gasteiger partial charge < -0.3 is 15.4 Å². The molecule has 1 aromatic heterocycles. The topological polar surface area (TPSA) is 68.2 Å². The fourth-order valence-corrected chi connectivity index (χ4v) is 2.75. The van der Waals surface area contributed by atoms with Crippen LogP contribution in [0.4, 0.5) is 10.5 Å². The summed E-state index contributed by atoms with van der Waals surface area (Å²) in [5, 5.41) is 9.95. The lowest BCUT2D eigenvalue weighted by molar-refractivity contribution is 0.0520. The third kappa shape index (κ3) is 4.56. The molecule has 2 N–H and O–H groups in total. The van der Waals surface area contributed by atoms with E-state index in [1.807, 2.05) is 36.5 Å². The van der Waals surface area contributed by atoms with E-state index < -0.39 is 0 Å². The first-order valence-corrected chi connectivity index (χ1v) is 8.04. The number of aromatic nitrogens is 2. The summed E-state index contributed by atoms with van der Waals surface area (Å²) in [5.74, 6) is 0.562. The van der Waals surface area contributed by atoms with Gasteiger partial charge in [0.1, 0.15) is 0 Å². The largest absolute Gasteiger partial charge is 0.381 e. The van der Waals surface area contributed by atoms with Gasteiger partial charge in [-0.15, -0.1) is 0 Å². The van der Waals surface area contributed by atoms with E-state index in [1.165, 1.54) is 6.42 Å². The molecule has 1 aromatic carbocycles. The van der Waals surface area contributed by atoms with Gasteiger partial charge in [-0.1, -0.05) is 6.07 Å². The number of amides is 2. The number of urea groups is 1. The van der Waals surface area contributed by atoms with Crippen LogP contribution >= 0.6 is 0 Å². The number of carbonyl (C=O) groups is 1. The smallest absolute Gasteiger partial charge is 0.319 e. The molecule has 6 nitrogen and oxygen atoms in total. The highest BCUT2D eigenvalue weighted by molar-refractivity contribution is 5.89. The second kappa shape index (κ2) is 7.78. The zero-order chi connectivity index (χ0) is 15.9. The van der Waals surface area contributed by atoms with Crippen molar-refractivity contribution in [3.05, 3.63) is 42.7 Å². The lowest BCUT2D eigenvalue weighted by Crippen LogP contribution is -2.31. The maximum Gasteiger partial charge on any atom is 0.319 e. The Kier molecular flexibility index (Phi) is 5.26. The Hall–Kier alpha value is -2.34. The zero-order valence-electron chi connectivity index (χ0n) is 13.1. The quantitative estimate of drug-likeness (QED) is 0.891. The number of benzene rings is 1. The average molecular weight is 314 g/mol. The van der Waals surface area contributed by atoms with Crippen molar-refractivity contribution < 1.29 is 9.53 Å². The van der Waals surface area contributed by atoms with E-state index >= 15 is 0 Å². The first kappa shape index (κ1) is 15.6. The van der Waals surface area contributed by atoms with E-state index in [-0.39, 0.29) is 6.03 Å². The SMILES string of the molecule is O=C(NCC[C@H]1CCCOC1)Nc1cccc(-n2cccn2)c1. The third-order valence-electron chi connectivity index (χ3n) is 3.97. The number of nitrogens with one attached hydrogen (secondary N) is 2. The summed E-state index contributed by atoms with van der Waals surface area (Å²) in [6.07, 6.45) is 6.86. The minimum Gasteiger partial charge on any atom is -0.381 e. The fraction of sp³-hybridized carbons (Fsp3) is 0.412. The molecule has 0 saturated carbocycles. The normalized spacial score (nSPS) is 17.7. The Labute approximate surface area is 135 Å². The van der Waals surface area contributed by atoms with Crippen LogP contribution in [0.5, 0.6) is 0 Å². The lowest BCUT2D eigenvalue weighted by atomic mass is 9.99. The van der Waals surface area contributed by atoms with Crippen LogP contribution in [-0.2, 0) is 4.74 Å². The minimum atomic E-state index is -0.181. The van der Waals surface area contributed by atoms with Crippen LogP contribution in [0, 0.1) is 5.92 Å². The second-order valence-corrected chi connectivity index (χ2v) is 5.75. The van der Waals surface area contributed by atoms with Gasteiger partial charge in [0, 0.05) is 37.8 Å². The molecule has 1 fully saturated rings. The highest BCUT2D eigenvalue weighted by Gasteiger charge is 2.13. The Bertz CT molecular complexity index is 621. The van der Waals surface area contributed by atoms with Crippen molar-refractivity contribution in [2.24, 2.45) is 5.92 Å². The van der Waals surface area contributed by atoms with Gasteiger partial charge in [0.2, 0.25) is 0 Å². The van der Waals surface area contributed by atoms with Crippen LogP contribution in [0.2, 0.25) is 0 Å². The van der Waals surface area contributed by atoms with E-state index in [9.17, 15) is 4.79 Å². The molecule has 0 aliphatic carbocycles. The van der Waals surface area contributed by atoms with Gasteiger partial charge in [0.25, 0.3) is 0 Å². The predicted octanol–water partition coefficient (Wildman–Crippen LogP) is 2.81. The molecular weight excluding hydrogens is 292 g/mol. The zero-order valence-corrected chi connectivity index (χ0v) is 13.1. The Morgan fingerprint density at radius 1 is 1.39 bits per heavy atom.